The summed E-state index contributed by atoms with van der Waals surface area (Å²) in [5, 5.41) is 14.7. The molecule has 20 heavy (non-hydrogen) atoms. The van der Waals surface area contributed by atoms with Crippen LogP contribution in [-0.4, -0.2) is 18.3 Å². The van der Waals surface area contributed by atoms with Gasteiger partial charge in [-0.05, 0) is 31.4 Å². The van der Waals surface area contributed by atoms with Gasteiger partial charge in [0.2, 0.25) is 0 Å². The van der Waals surface area contributed by atoms with Crippen molar-refractivity contribution in [2.75, 3.05) is 17.7 Å². The molecular formula is C15H18ClN3O. The number of halogens is 1. The van der Waals surface area contributed by atoms with Crippen LogP contribution in [0.1, 0.15) is 17.5 Å². The number of hydrogen-bond acceptors (Lipinski definition) is 3. The number of amides is 1. The minimum absolute atomic E-state index is 0.0437. The Hall–Kier alpha value is -1.99. The van der Waals surface area contributed by atoms with E-state index in [1.165, 1.54) is 6.20 Å². The molecular weight excluding hydrogens is 274 g/mol. The lowest BCUT2D eigenvalue weighted by Crippen LogP contribution is -2.26. The predicted molar refractivity (Wildman–Crippen MR) is 81.6 cm³/mol. The number of aryl methyl sites for hydroxylation is 2. The Kier molecular flexibility index (Phi) is 6.61. The van der Waals surface area contributed by atoms with E-state index in [1.54, 1.807) is 0 Å². The van der Waals surface area contributed by atoms with Gasteiger partial charge in [-0.25, -0.2) is 0 Å². The molecule has 0 spiro atoms. The van der Waals surface area contributed by atoms with Crippen LogP contribution in [0.2, 0.25) is 0 Å². The molecule has 0 radical (unpaired) electrons. The van der Waals surface area contributed by atoms with E-state index in [-0.39, 0.29) is 5.57 Å². The van der Waals surface area contributed by atoms with Gasteiger partial charge in [0.25, 0.3) is 5.91 Å². The highest BCUT2D eigenvalue weighted by Crippen LogP contribution is 2.19. The summed E-state index contributed by atoms with van der Waals surface area (Å²) in [5.41, 5.74) is 3.07. The minimum Gasteiger partial charge on any atom is -0.360 e. The number of para-hydroxylation sites is 1. The highest BCUT2D eigenvalue weighted by Gasteiger charge is 2.08. The maximum absolute atomic E-state index is 11.8. The minimum atomic E-state index is -0.392. The Labute approximate surface area is 124 Å². The molecule has 0 aliphatic heterocycles. The Morgan fingerprint density at radius 1 is 1.40 bits per heavy atom. The standard InChI is InChI=1S/C15H18ClN3O/c1-11-5-3-6-12(2)14(11)19-10-13(9-17)15(20)18-8-4-7-16/h3,5-6,10,19H,4,7-8H2,1-2H3,(H,18,20)/b13-10-. The number of anilines is 1. The smallest absolute Gasteiger partial charge is 0.263 e. The zero-order chi connectivity index (χ0) is 15.0. The van der Waals surface area contributed by atoms with Gasteiger partial charge in [-0.1, -0.05) is 18.2 Å². The van der Waals surface area contributed by atoms with Crippen LogP contribution >= 0.6 is 11.6 Å². The summed E-state index contributed by atoms with van der Waals surface area (Å²) in [6, 6.07) is 7.79. The largest absolute Gasteiger partial charge is 0.360 e. The molecule has 0 atom stereocenters. The number of nitrogens with one attached hydrogen (secondary N) is 2. The average Bonchev–Trinajstić information content (AvgIpc) is 2.42. The normalized spacial score (nSPS) is 10.8. The van der Waals surface area contributed by atoms with Gasteiger partial charge in [-0.15, -0.1) is 11.6 Å². The lowest BCUT2D eigenvalue weighted by molar-refractivity contribution is -0.117. The van der Waals surface area contributed by atoms with Gasteiger partial charge in [0, 0.05) is 24.3 Å². The van der Waals surface area contributed by atoms with Crippen molar-refractivity contribution in [1.29, 1.82) is 5.26 Å². The van der Waals surface area contributed by atoms with E-state index >= 15 is 0 Å². The maximum Gasteiger partial charge on any atom is 0.263 e. The van der Waals surface area contributed by atoms with E-state index in [0.717, 1.165) is 16.8 Å². The van der Waals surface area contributed by atoms with Crippen LogP contribution in [0.25, 0.3) is 0 Å². The third-order valence-corrected chi connectivity index (χ3v) is 3.07. The summed E-state index contributed by atoms with van der Waals surface area (Å²) in [6.07, 6.45) is 2.11. The average molecular weight is 292 g/mol. The molecule has 4 nitrogen and oxygen atoms in total. The van der Waals surface area contributed by atoms with Gasteiger partial charge in [-0.3, -0.25) is 4.79 Å². The lowest BCUT2D eigenvalue weighted by Gasteiger charge is -2.09. The summed E-state index contributed by atoms with van der Waals surface area (Å²) >= 11 is 5.53. The summed E-state index contributed by atoms with van der Waals surface area (Å²) in [7, 11) is 0. The quantitative estimate of drug-likeness (QED) is 0.367. The van der Waals surface area contributed by atoms with Crippen molar-refractivity contribution < 1.29 is 4.79 Å². The number of carbonyl (C=O) groups is 1. The Morgan fingerprint density at radius 3 is 2.60 bits per heavy atom. The van der Waals surface area contributed by atoms with Gasteiger partial charge < -0.3 is 10.6 Å². The van der Waals surface area contributed by atoms with E-state index < -0.39 is 5.91 Å². The number of nitriles is 1. The summed E-state index contributed by atoms with van der Waals surface area (Å²) < 4.78 is 0. The monoisotopic (exact) mass is 291 g/mol. The molecule has 0 bridgehead atoms. The zero-order valence-electron chi connectivity index (χ0n) is 11.7. The van der Waals surface area contributed by atoms with E-state index in [4.69, 9.17) is 16.9 Å². The second-order valence-electron chi connectivity index (χ2n) is 4.38. The fourth-order valence-corrected chi connectivity index (χ4v) is 1.83. The second kappa shape index (κ2) is 8.23. The molecule has 0 heterocycles. The van der Waals surface area contributed by atoms with Crippen molar-refractivity contribution >= 4 is 23.2 Å². The molecule has 0 aliphatic rings. The number of alkyl halides is 1. The molecule has 1 rings (SSSR count). The molecule has 0 unspecified atom stereocenters. The molecule has 1 aromatic rings. The summed E-state index contributed by atoms with van der Waals surface area (Å²) in [5.74, 6) is 0.0864. The molecule has 0 fully saturated rings. The second-order valence-corrected chi connectivity index (χ2v) is 4.76. The first-order valence-corrected chi connectivity index (χ1v) is 6.90. The van der Waals surface area contributed by atoms with Crippen molar-refractivity contribution in [2.24, 2.45) is 0 Å². The summed E-state index contributed by atoms with van der Waals surface area (Å²) in [6.45, 7) is 4.40. The summed E-state index contributed by atoms with van der Waals surface area (Å²) in [4.78, 5) is 11.8. The van der Waals surface area contributed by atoms with Crippen molar-refractivity contribution in [3.63, 3.8) is 0 Å². The first-order chi connectivity index (χ1) is 9.60. The molecule has 106 valence electrons. The number of nitrogens with zero attached hydrogens (tertiary/aromatic N) is 1. The maximum atomic E-state index is 11.8. The predicted octanol–water partition coefficient (Wildman–Crippen LogP) is 2.87. The van der Waals surface area contributed by atoms with Crippen LogP contribution in [0, 0.1) is 25.2 Å². The van der Waals surface area contributed by atoms with Gasteiger partial charge in [-0.2, -0.15) is 5.26 Å². The Morgan fingerprint density at radius 2 is 2.05 bits per heavy atom. The molecule has 5 heteroatoms. The molecule has 0 saturated heterocycles. The van der Waals surface area contributed by atoms with Crippen LogP contribution in [0.15, 0.2) is 30.0 Å². The van der Waals surface area contributed by atoms with Gasteiger partial charge in [0.1, 0.15) is 11.6 Å². The van der Waals surface area contributed by atoms with Crippen LogP contribution in [0.4, 0.5) is 5.69 Å². The van der Waals surface area contributed by atoms with Crippen LogP contribution in [0.5, 0.6) is 0 Å². The topological polar surface area (TPSA) is 64.9 Å². The van der Waals surface area contributed by atoms with Crippen molar-refractivity contribution in [1.82, 2.24) is 5.32 Å². The highest BCUT2D eigenvalue weighted by molar-refractivity contribution is 6.17. The number of benzene rings is 1. The lowest BCUT2D eigenvalue weighted by atomic mass is 10.1. The zero-order valence-corrected chi connectivity index (χ0v) is 12.4. The Bertz CT molecular complexity index is 526. The van der Waals surface area contributed by atoms with E-state index in [1.807, 2.05) is 38.1 Å². The van der Waals surface area contributed by atoms with Crippen LogP contribution < -0.4 is 10.6 Å². The van der Waals surface area contributed by atoms with Gasteiger partial charge in [0.15, 0.2) is 0 Å². The first kappa shape index (κ1) is 16.1. The molecule has 1 amide bonds. The fraction of sp³-hybridized carbons (Fsp3) is 0.333. The van der Waals surface area contributed by atoms with E-state index in [0.29, 0.717) is 18.8 Å². The molecule has 0 aliphatic carbocycles. The Balaban J connectivity index is 2.76. The number of rotatable bonds is 6. The third-order valence-electron chi connectivity index (χ3n) is 2.80. The van der Waals surface area contributed by atoms with Crippen molar-refractivity contribution in [3.8, 4) is 6.07 Å². The van der Waals surface area contributed by atoms with Crippen LogP contribution in [-0.2, 0) is 4.79 Å². The molecule has 0 aromatic heterocycles. The van der Waals surface area contributed by atoms with E-state index in [2.05, 4.69) is 10.6 Å². The third kappa shape index (κ3) is 4.60. The van der Waals surface area contributed by atoms with Gasteiger partial charge in [0.05, 0.1) is 0 Å². The molecule has 0 saturated carbocycles. The molecule has 2 N–H and O–H groups in total. The first-order valence-electron chi connectivity index (χ1n) is 6.37. The highest BCUT2D eigenvalue weighted by atomic mass is 35.5. The molecule has 1 aromatic carbocycles. The fourth-order valence-electron chi connectivity index (χ4n) is 1.70. The number of carbonyl (C=O) groups excluding carboxylic acids is 1. The van der Waals surface area contributed by atoms with E-state index in [9.17, 15) is 4.79 Å². The van der Waals surface area contributed by atoms with Gasteiger partial charge >= 0.3 is 0 Å². The van der Waals surface area contributed by atoms with Crippen LogP contribution in [0.3, 0.4) is 0 Å². The SMILES string of the molecule is Cc1cccc(C)c1N/C=C(/C#N)C(=O)NCCCCl. The number of hydrogen-bond donors (Lipinski definition) is 2. The van der Waals surface area contributed by atoms with Crippen molar-refractivity contribution in [2.45, 2.75) is 20.3 Å². The van der Waals surface area contributed by atoms with Crippen molar-refractivity contribution in [3.05, 3.63) is 41.1 Å².